The lowest BCUT2D eigenvalue weighted by atomic mass is 10.2. The summed E-state index contributed by atoms with van der Waals surface area (Å²) in [5.41, 5.74) is 0. The second kappa shape index (κ2) is 7.65. The maximum atomic E-state index is 11.5. The van der Waals surface area contributed by atoms with Crippen LogP contribution in [0.1, 0.15) is 20.8 Å². The van der Waals surface area contributed by atoms with Crippen molar-refractivity contribution in [3.05, 3.63) is 0 Å². The molecule has 4 heteroatoms. The fourth-order valence-corrected chi connectivity index (χ4v) is 1.06. The third-order valence-electron chi connectivity index (χ3n) is 2.09. The zero-order valence-electron chi connectivity index (χ0n) is 10.6. The molecule has 0 saturated carbocycles. The Hall–Kier alpha value is -0.610. The Morgan fingerprint density at radius 2 is 1.87 bits per heavy atom. The topological polar surface area (TPSA) is 44.4 Å². The molecule has 1 unspecified atom stereocenters. The van der Waals surface area contributed by atoms with Gasteiger partial charge in [-0.2, -0.15) is 0 Å². The van der Waals surface area contributed by atoms with E-state index in [0.717, 1.165) is 19.6 Å². The number of hydrogen-bond donors (Lipinski definition) is 2. The van der Waals surface area contributed by atoms with Gasteiger partial charge in [0, 0.05) is 19.6 Å². The van der Waals surface area contributed by atoms with Crippen molar-refractivity contribution in [2.75, 3.05) is 33.7 Å². The maximum absolute atomic E-state index is 11.5. The minimum absolute atomic E-state index is 0.0856. The van der Waals surface area contributed by atoms with E-state index in [4.69, 9.17) is 0 Å². The van der Waals surface area contributed by atoms with Gasteiger partial charge in [-0.15, -0.1) is 0 Å². The molecule has 0 aromatic heterocycles. The third-order valence-corrected chi connectivity index (χ3v) is 2.09. The van der Waals surface area contributed by atoms with Crippen LogP contribution >= 0.6 is 0 Å². The van der Waals surface area contributed by atoms with Crippen LogP contribution in [0.2, 0.25) is 0 Å². The quantitative estimate of drug-likeness (QED) is 0.642. The van der Waals surface area contributed by atoms with Gasteiger partial charge < -0.3 is 15.5 Å². The minimum atomic E-state index is -0.108. The highest BCUT2D eigenvalue weighted by Crippen LogP contribution is 1.89. The highest BCUT2D eigenvalue weighted by atomic mass is 16.2. The molecule has 0 rings (SSSR count). The molecule has 0 fully saturated rings. The lowest BCUT2D eigenvalue weighted by Crippen LogP contribution is -2.45. The van der Waals surface area contributed by atoms with Crippen molar-refractivity contribution < 1.29 is 4.79 Å². The van der Waals surface area contributed by atoms with Crippen molar-refractivity contribution >= 4 is 5.91 Å². The molecule has 0 aromatic carbocycles. The van der Waals surface area contributed by atoms with Gasteiger partial charge in [-0.3, -0.25) is 4.79 Å². The van der Waals surface area contributed by atoms with Crippen molar-refractivity contribution in [2.45, 2.75) is 26.8 Å². The standard InChI is InChI=1S/C11H25N3O/c1-9(2)8-13-11(15)10(3)12-6-7-14(4)5/h9-10,12H,6-8H2,1-5H3,(H,13,15). The molecule has 0 aliphatic rings. The molecule has 0 radical (unpaired) electrons. The summed E-state index contributed by atoms with van der Waals surface area (Å²) in [6.45, 7) is 8.60. The van der Waals surface area contributed by atoms with Crippen LogP contribution < -0.4 is 10.6 Å². The number of likely N-dealkylation sites (N-methyl/N-ethyl adjacent to an activating group) is 1. The largest absolute Gasteiger partial charge is 0.354 e. The zero-order chi connectivity index (χ0) is 11.8. The fourth-order valence-electron chi connectivity index (χ4n) is 1.06. The molecule has 0 heterocycles. The SMILES string of the molecule is CC(C)CNC(=O)C(C)NCCN(C)C. The second-order valence-electron chi connectivity index (χ2n) is 4.62. The number of hydrogen-bond acceptors (Lipinski definition) is 3. The summed E-state index contributed by atoms with van der Waals surface area (Å²) in [7, 11) is 4.04. The van der Waals surface area contributed by atoms with Crippen molar-refractivity contribution in [3.63, 3.8) is 0 Å². The van der Waals surface area contributed by atoms with Gasteiger partial charge in [-0.05, 0) is 26.9 Å². The van der Waals surface area contributed by atoms with Crippen LogP contribution in [-0.4, -0.2) is 50.6 Å². The molecule has 1 amide bonds. The van der Waals surface area contributed by atoms with Crippen LogP contribution in [0.25, 0.3) is 0 Å². The monoisotopic (exact) mass is 215 g/mol. The van der Waals surface area contributed by atoms with Gasteiger partial charge in [-0.25, -0.2) is 0 Å². The van der Waals surface area contributed by atoms with Crippen molar-refractivity contribution in [1.29, 1.82) is 0 Å². The Balaban J connectivity index is 3.60. The summed E-state index contributed by atoms with van der Waals surface area (Å²) in [5, 5.41) is 6.09. The van der Waals surface area contributed by atoms with Crippen molar-refractivity contribution in [2.24, 2.45) is 5.92 Å². The van der Waals surface area contributed by atoms with Gasteiger partial charge in [0.1, 0.15) is 0 Å². The van der Waals surface area contributed by atoms with E-state index in [1.54, 1.807) is 0 Å². The lowest BCUT2D eigenvalue weighted by molar-refractivity contribution is -0.122. The number of amides is 1. The number of nitrogens with zero attached hydrogens (tertiary/aromatic N) is 1. The van der Waals surface area contributed by atoms with E-state index in [-0.39, 0.29) is 11.9 Å². The Kier molecular flexibility index (Phi) is 7.34. The van der Waals surface area contributed by atoms with Gasteiger partial charge in [0.05, 0.1) is 6.04 Å². The minimum Gasteiger partial charge on any atom is -0.354 e. The Bertz CT molecular complexity index is 181. The lowest BCUT2D eigenvalue weighted by Gasteiger charge is -2.16. The molecular weight excluding hydrogens is 190 g/mol. The predicted octanol–water partition coefficient (Wildman–Crippen LogP) is 0.298. The summed E-state index contributed by atoms with van der Waals surface area (Å²) < 4.78 is 0. The first-order valence-corrected chi connectivity index (χ1v) is 5.59. The molecule has 0 aliphatic heterocycles. The van der Waals surface area contributed by atoms with E-state index < -0.39 is 0 Å². The van der Waals surface area contributed by atoms with Crippen LogP contribution in [0, 0.1) is 5.92 Å². The molecule has 2 N–H and O–H groups in total. The summed E-state index contributed by atoms with van der Waals surface area (Å²) >= 11 is 0. The highest BCUT2D eigenvalue weighted by molar-refractivity contribution is 5.81. The Labute approximate surface area is 93.4 Å². The molecule has 0 spiro atoms. The zero-order valence-corrected chi connectivity index (χ0v) is 10.6. The highest BCUT2D eigenvalue weighted by Gasteiger charge is 2.11. The number of nitrogens with one attached hydrogen (secondary N) is 2. The third kappa shape index (κ3) is 8.39. The molecule has 90 valence electrons. The van der Waals surface area contributed by atoms with E-state index in [9.17, 15) is 4.79 Å². The predicted molar refractivity (Wildman–Crippen MR) is 63.9 cm³/mol. The Morgan fingerprint density at radius 3 is 2.33 bits per heavy atom. The van der Waals surface area contributed by atoms with E-state index in [1.807, 2.05) is 21.0 Å². The molecule has 15 heavy (non-hydrogen) atoms. The van der Waals surface area contributed by atoms with Gasteiger partial charge in [0.15, 0.2) is 0 Å². The summed E-state index contributed by atoms with van der Waals surface area (Å²) in [6, 6.07) is -0.108. The first kappa shape index (κ1) is 14.4. The van der Waals surface area contributed by atoms with Crippen LogP contribution in [0.5, 0.6) is 0 Å². The average Bonchev–Trinajstić information content (AvgIpc) is 2.13. The average molecular weight is 215 g/mol. The molecule has 0 bridgehead atoms. The number of rotatable bonds is 7. The van der Waals surface area contributed by atoms with Crippen molar-refractivity contribution in [1.82, 2.24) is 15.5 Å². The summed E-state index contributed by atoms with van der Waals surface area (Å²) in [6.07, 6.45) is 0. The normalized spacial score (nSPS) is 13.3. The summed E-state index contributed by atoms with van der Waals surface area (Å²) in [5.74, 6) is 0.588. The second-order valence-corrected chi connectivity index (χ2v) is 4.62. The Morgan fingerprint density at radius 1 is 1.27 bits per heavy atom. The van der Waals surface area contributed by atoms with Crippen LogP contribution in [0.4, 0.5) is 0 Å². The van der Waals surface area contributed by atoms with Crippen LogP contribution in [0.15, 0.2) is 0 Å². The molecular formula is C11H25N3O. The van der Waals surface area contributed by atoms with Gasteiger partial charge in [0.25, 0.3) is 0 Å². The summed E-state index contributed by atoms with van der Waals surface area (Å²) in [4.78, 5) is 13.6. The van der Waals surface area contributed by atoms with E-state index in [0.29, 0.717) is 5.92 Å². The van der Waals surface area contributed by atoms with Crippen LogP contribution in [-0.2, 0) is 4.79 Å². The van der Waals surface area contributed by atoms with Gasteiger partial charge in [0.2, 0.25) is 5.91 Å². The first-order valence-electron chi connectivity index (χ1n) is 5.59. The number of carbonyl (C=O) groups excluding carboxylic acids is 1. The van der Waals surface area contributed by atoms with E-state index in [2.05, 4.69) is 29.4 Å². The molecule has 1 atom stereocenters. The van der Waals surface area contributed by atoms with E-state index in [1.165, 1.54) is 0 Å². The van der Waals surface area contributed by atoms with Gasteiger partial charge in [-0.1, -0.05) is 13.8 Å². The number of carbonyl (C=O) groups is 1. The van der Waals surface area contributed by atoms with E-state index >= 15 is 0 Å². The molecule has 0 aliphatic carbocycles. The van der Waals surface area contributed by atoms with Crippen molar-refractivity contribution in [3.8, 4) is 0 Å². The van der Waals surface area contributed by atoms with Crippen LogP contribution in [0.3, 0.4) is 0 Å². The fraction of sp³-hybridized carbons (Fsp3) is 0.909. The molecule has 0 aromatic rings. The first-order chi connectivity index (χ1) is 6.93. The molecule has 4 nitrogen and oxygen atoms in total. The molecule has 0 saturated heterocycles. The maximum Gasteiger partial charge on any atom is 0.236 e. The van der Waals surface area contributed by atoms with Gasteiger partial charge >= 0.3 is 0 Å². The smallest absolute Gasteiger partial charge is 0.236 e.